The van der Waals surface area contributed by atoms with E-state index in [9.17, 15) is 4.79 Å². The van der Waals surface area contributed by atoms with Gasteiger partial charge < -0.3 is 9.80 Å². The summed E-state index contributed by atoms with van der Waals surface area (Å²) in [6.07, 6.45) is 3.70. The van der Waals surface area contributed by atoms with Gasteiger partial charge in [-0.2, -0.15) is 4.99 Å². The summed E-state index contributed by atoms with van der Waals surface area (Å²) in [6.45, 7) is 3.56. The molecule has 2 aliphatic rings. The molecule has 29 heavy (non-hydrogen) atoms. The number of rotatable bonds is 2. The number of amides is 1. The predicted octanol–water partition coefficient (Wildman–Crippen LogP) is 4.03. The number of amidine groups is 1. The Bertz CT molecular complexity index is 1120. The molecule has 3 heterocycles. The van der Waals surface area contributed by atoms with Gasteiger partial charge in [0.2, 0.25) is 0 Å². The fraction of sp³-hybridized carbons (Fsp3) is 0.174. The molecule has 0 spiro atoms. The van der Waals surface area contributed by atoms with E-state index in [2.05, 4.69) is 50.1 Å². The van der Waals surface area contributed by atoms with Gasteiger partial charge in [0, 0.05) is 43.4 Å². The summed E-state index contributed by atoms with van der Waals surface area (Å²) in [5.74, 6) is -0.163. The van der Waals surface area contributed by atoms with Crippen molar-refractivity contribution in [3.8, 4) is 0 Å². The number of hydrogen-bond acceptors (Lipinski definition) is 5. The van der Waals surface area contributed by atoms with Crippen LogP contribution in [-0.4, -0.2) is 47.1 Å². The molecule has 0 radical (unpaired) electrons. The van der Waals surface area contributed by atoms with E-state index in [1.807, 2.05) is 36.4 Å². The van der Waals surface area contributed by atoms with Crippen LogP contribution in [0.15, 0.2) is 76.8 Å². The molecule has 6 heteroatoms. The Morgan fingerprint density at radius 2 is 1.62 bits per heavy atom. The normalized spacial score (nSPS) is 18.6. The van der Waals surface area contributed by atoms with E-state index in [0.29, 0.717) is 4.91 Å². The van der Waals surface area contributed by atoms with Crippen LogP contribution >= 0.6 is 11.8 Å². The number of nitrogens with zero attached hydrogens (tertiary/aromatic N) is 4. The fourth-order valence-corrected chi connectivity index (χ4v) is 4.61. The van der Waals surface area contributed by atoms with E-state index >= 15 is 0 Å². The minimum atomic E-state index is -0.163. The minimum absolute atomic E-state index is 0.163. The molecule has 5 nitrogen and oxygen atoms in total. The van der Waals surface area contributed by atoms with Crippen molar-refractivity contribution in [1.29, 1.82) is 0 Å². The number of carbonyl (C=O) groups excluding carboxylic acids is 1. The Kier molecular flexibility index (Phi) is 4.77. The van der Waals surface area contributed by atoms with Gasteiger partial charge in [-0.15, -0.1) is 0 Å². The number of pyridine rings is 1. The number of benzene rings is 2. The maximum atomic E-state index is 12.4. The van der Waals surface area contributed by atoms with Gasteiger partial charge in [-0.3, -0.25) is 9.78 Å². The number of para-hydroxylation sites is 2. The number of piperazine rings is 1. The first-order chi connectivity index (χ1) is 14.3. The lowest BCUT2D eigenvalue weighted by atomic mass is 10.1. The monoisotopic (exact) mass is 400 g/mol. The van der Waals surface area contributed by atoms with Crippen LogP contribution in [0.1, 0.15) is 5.56 Å². The SMILES string of the molecule is O=C1N=C(N2CCN(c3ccccc3)CC2)S/C1=C\c1cnc2ccccc2c1. The van der Waals surface area contributed by atoms with Gasteiger partial charge in [-0.05, 0) is 47.7 Å². The summed E-state index contributed by atoms with van der Waals surface area (Å²) in [5, 5.41) is 1.87. The van der Waals surface area contributed by atoms with Crippen molar-refractivity contribution in [3.63, 3.8) is 0 Å². The molecule has 3 aromatic rings. The molecule has 0 N–H and O–H groups in total. The highest BCUT2D eigenvalue weighted by molar-refractivity contribution is 8.18. The average Bonchev–Trinajstić information content (AvgIpc) is 3.14. The molecule has 1 fully saturated rings. The fourth-order valence-electron chi connectivity index (χ4n) is 3.65. The quantitative estimate of drug-likeness (QED) is 0.608. The third kappa shape index (κ3) is 3.76. The van der Waals surface area contributed by atoms with Gasteiger partial charge in [0.15, 0.2) is 5.17 Å². The Morgan fingerprint density at radius 1 is 0.897 bits per heavy atom. The molecule has 1 aromatic heterocycles. The van der Waals surface area contributed by atoms with Crippen LogP contribution in [0.3, 0.4) is 0 Å². The third-order valence-electron chi connectivity index (χ3n) is 5.19. The molecule has 1 amide bonds. The van der Waals surface area contributed by atoms with Crippen LogP contribution < -0.4 is 4.90 Å². The predicted molar refractivity (Wildman–Crippen MR) is 120 cm³/mol. The summed E-state index contributed by atoms with van der Waals surface area (Å²) >= 11 is 1.46. The third-order valence-corrected chi connectivity index (χ3v) is 6.23. The van der Waals surface area contributed by atoms with Gasteiger partial charge in [0.25, 0.3) is 5.91 Å². The summed E-state index contributed by atoms with van der Waals surface area (Å²) in [6, 6.07) is 20.5. The first-order valence-electron chi connectivity index (χ1n) is 9.68. The molecule has 144 valence electrons. The topological polar surface area (TPSA) is 48.8 Å². The molecule has 0 aliphatic carbocycles. The zero-order valence-corrected chi connectivity index (χ0v) is 16.7. The van der Waals surface area contributed by atoms with Gasteiger partial charge in [-0.1, -0.05) is 36.4 Å². The van der Waals surface area contributed by atoms with E-state index < -0.39 is 0 Å². The van der Waals surface area contributed by atoms with Crippen molar-refractivity contribution in [2.75, 3.05) is 31.1 Å². The largest absolute Gasteiger partial charge is 0.368 e. The van der Waals surface area contributed by atoms with Gasteiger partial charge in [0.1, 0.15) is 0 Å². The van der Waals surface area contributed by atoms with Crippen molar-refractivity contribution in [1.82, 2.24) is 9.88 Å². The lowest BCUT2D eigenvalue weighted by Gasteiger charge is -2.36. The van der Waals surface area contributed by atoms with Gasteiger partial charge in [0.05, 0.1) is 10.4 Å². The van der Waals surface area contributed by atoms with Crippen LogP contribution in [0.4, 0.5) is 5.69 Å². The lowest BCUT2D eigenvalue weighted by Crippen LogP contribution is -2.47. The zero-order valence-electron chi connectivity index (χ0n) is 15.9. The molecule has 2 aromatic carbocycles. The highest BCUT2D eigenvalue weighted by Gasteiger charge is 2.28. The molecular weight excluding hydrogens is 380 g/mol. The summed E-state index contributed by atoms with van der Waals surface area (Å²) in [5.41, 5.74) is 3.12. The van der Waals surface area contributed by atoms with Crippen molar-refractivity contribution in [2.24, 2.45) is 4.99 Å². The molecule has 5 rings (SSSR count). The Morgan fingerprint density at radius 3 is 2.45 bits per heavy atom. The number of carbonyl (C=O) groups is 1. The second kappa shape index (κ2) is 7.72. The van der Waals surface area contributed by atoms with Gasteiger partial charge in [-0.25, -0.2) is 0 Å². The van der Waals surface area contributed by atoms with E-state index in [4.69, 9.17) is 0 Å². The number of aromatic nitrogens is 1. The molecular formula is C23H20N4OS. The Balaban J connectivity index is 1.27. The zero-order chi connectivity index (χ0) is 19.6. The number of fused-ring (bicyclic) bond motifs is 1. The first-order valence-corrected chi connectivity index (χ1v) is 10.5. The minimum Gasteiger partial charge on any atom is -0.368 e. The van der Waals surface area contributed by atoms with Crippen LogP contribution in [0, 0.1) is 0 Å². The maximum Gasteiger partial charge on any atom is 0.286 e. The number of anilines is 1. The standard InChI is InChI=1S/C23H20N4OS/c28-22-21(15-17-14-18-6-4-5-9-20(18)24-16-17)29-23(25-22)27-12-10-26(11-13-27)19-7-2-1-3-8-19/h1-9,14-16H,10-13H2/b21-15-. The average molecular weight is 401 g/mol. The molecule has 0 saturated carbocycles. The second-order valence-electron chi connectivity index (χ2n) is 7.08. The van der Waals surface area contributed by atoms with Crippen molar-refractivity contribution < 1.29 is 4.79 Å². The lowest BCUT2D eigenvalue weighted by molar-refractivity contribution is -0.113. The second-order valence-corrected chi connectivity index (χ2v) is 8.09. The van der Waals surface area contributed by atoms with Crippen LogP contribution in [0.2, 0.25) is 0 Å². The van der Waals surface area contributed by atoms with Crippen molar-refractivity contribution in [2.45, 2.75) is 0 Å². The van der Waals surface area contributed by atoms with E-state index in [1.54, 1.807) is 6.20 Å². The highest BCUT2D eigenvalue weighted by atomic mass is 32.2. The van der Waals surface area contributed by atoms with Crippen LogP contribution in [-0.2, 0) is 4.79 Å². The summed E-state index contributed by atoms with van der Waals surface area (Å²) < 4.78 is 0. The van der Waals surface area contributed by atoms with Gasteiger partial charge >= 0.3 is 0 Å². The van der Waals surface area contributed by atoms with E-state index in [-0.39, 0.29) is 5.91 Å². The Labute approximate surface area is 173 Å². The summed E-state index contributed by atoms with van der Waals surface area (Å²) in [4.78, 5) is 26.5. The first kappa shape index (κ1) is 17.9. The molecule has 0 atom stereocenters. The Hall–Kier alpha value is -3.12. The highest BCUT2D eigenvalue weighted by Crippen LogP contribution is 2.31. The van der Waals surface area contributed by atoms with E-state index in [0.717, 1.165) is 47.8 Å². The van der Waals surface area contributed by atoms with E-state index in [1.165, 1.54) is 17.4 Å². The van der Waals surface area contributed by atoms with Crippen molar-refractivity contribution >= 4 is 45.5 Å². The van der Waals surface area contributed by atoms with Crippen LogP contribution in [0.5, 0.6) is 0 Å². The number of thioether (sulfide) groups is 1. The summed E-state index contributed by atoms with van der Waals surface area (Å²) in [7, 11) is 0. The molecule has 1 saturated heterocycles. The molecule has 0 bridgehead atoms. The number of aliphatic imine (C=N–C) groups is 1. The number of hydrogen-bond donors (Lipinski definition) is 0. The molecule has 2 aliphatic heterocycles. The van der Waals surface area contributed by atoms with Crippen LogP contribution in [0.25, 0.3) is 17.0 Å². The maximum absolute atomic E-state index is 12.4. The smallest absolute Gasteiger partial charge is 0.286 e. The van der Waals surface area contributed by atoms with Crippen molar-refractivity contribution in [3.05, 3.63) is 77.3 Å². The molecule has 0 unspecified atom stereocenters.